The molecule has 0 bridgehead atoms. The first-order valence-corrected chi connectivity index (χ1v) is 7.30. The predicted octanol–water partition coefficient (Wildman–Crippen LogP) is 0.800. The van der Waals surface area contributed by atoms with Gasteiger partial charge >= 0.3 is 0 Å². The van der Waals surface area contributed by atoms with Crippen LogP contribution in [0.2, 0.25) is 0 Å². The standard InChI is InChI=1S/C12H15NO4S/c1-17-11-5-3-2-4-10(11)6-8-13-12(14)7-9-18(13,15)16/h2-5H,6-9H2,1H3. The van der Waals surface area contributed by atoms with E-state index in [4.69, 9.17) is 4.74 Å². The van der Waals surface area contributed by atoms with E-state index in [1.807, 2.05) is 24.3 Å². The molecule has 1 aliphatic rings. The van der Waals surface area contributed by atoms with Crippen molar-refractivity contribution in [3.05, 3.63) is 29.8 Å². The van der Waals surface area contributed by atoms with Crippen LogP contribution >= 0.6 is 0 Å². The molecule has 0 aromatic heterocycles. The summed E-state index contributed by atoms with van der Waals surface area (Å²) in [6.07, 6.45) is 0.559. The fourth-order valence-electron chi connectivity index (χ4n) is 2.00. The van der Waals surface area contributed by atoms with Crippen LogP contribution in [0.25, 0.3) is 0 Å². The molecule has 1 aliphatic heterocycles. The number of para-hydroxylation sites is 1. The molecular formula is C12H15NO4S. The van der Waals surface area contributed by atoms with Crippen molar-refractivity contribution in [1.29, 1.82) is 0 Å². The van der Waals surface area contributed by atoms with Gasteiger partial charge in [0.15, 0.2) is 0 Å². The first-order valence-electron chi connectivity index (χ1n) is 5.70. The van der Waals surface area contributed by atoms with E-state index in [1.54, 1.807) is 7.11 Å². The number of amides is 1. The van der Waals surface area contributed by atoms with Gasteiger partial charge in [-0.15, -0.1) is 0 Å². The first kappa shape index (κ1) is 12.9. The number of benzene rings is 1. The summed E-state index contributed by atoms with van der Waals surface area (Å²) >= 11 is 0. The molecule has 0 aliphatic carbocycles. The minimum absolute atomic E-state index is 0.0717. The second-order valence-electron chi connectivity index (χ2n) is 4.09. The quantitative estimate of drug-likeness (QED) is 0.811. The monoisotopic (exact) mass is 269 g/mol. The SMILES string of the molecule is COc1ccccc1CCN1C(=O)CCS1(=O)=O. The average Bonchev–Trinajstić information content (AvgIpc) is 2.62. The number of carbonyl (C=O) groups is 1. The highest BCUT2D eigenvalue weighted by molar-refractivity contribution is 7.90. The molecule has 6 heteroatoms. The molecule has 0 unspecified atom stereocenters. The van der Waals surface area contributed by atoms with Crippen molar-refractivity contribution in [2.45, 2.75) is 12.8 Å². The molecule has 1 aromatic rings. The maximum absolute atomic E-state index is 11.6. The molecule has 1 heterocycles. The van der Waals surface area contributed by atoms with Crippen LogP contribution in [-0.4, -0.2) is 38.0 Å². The lowest BCUT2D eigenvalue weighted by molar-refractivity contribution is -0.125. The van der Waals surface area contributed by atoms with Gasteiger partial charge in [0.2, 0.25) is 15.9 Å². The number of carbonyl (C=O) groups excluding carboxylic acids is 1. The summed E-state index contributed by atoms with van der Waals surface area (Å²) in [5, 5.41) is 0. The van der Waals surface area contributed by atoms with E-state index in [2.05, 4.69) is 0 Å². The van der Waals surface area contributed by atoms with Crippen molar-refractivity contribution >= 4 is 15.9 Å². The van der Waals surface area contributed by atoms with Crippen LogP contribution in [0.3, 0.4) is 0 Å². The summed E-state index contributed by atoms with van der Waals surface area (Å²) < 4.78 is 29.4. The van der Waals surface area contributed by atoms with Crippen LogP contribution in [0.4, 0.5) is 0 Å². The third-order valence-corrected chi connectivity index (χ3v) is 4.74. The summed E-state index contributed by atoms with van der Waals surface area (Å²) in [5.41, 5.74) is 0.898. The van der Waals surface area contributed by atoms with Gasteiger partial charge in [0.05, 0.1) is 12.9 Å². The number of ether oxygens (including phenoxy) is 1. The van der Waals surface area contributed by atoms with Crippen LogP contribution < -0.4 is 4.74 Å². The normalized spacial score (nSPS) is 18.1. The van der Waals surface area contributed by atoms with Crippen molar-refractivity contribution in [2.24, 2.45) is 0 Å². The maximum Gasteiger partial charge on any atom is 0.237 e. The first-order chi connectivity index (χ1) is 8.54. The van der Waals surface area contributed by atoms with Crippen molar-refractivity contribution in [2.75, 3.05) is 19.4 Å². The van der Waals surface area contributed by atoms with Crippen LogP contribution in [0.15, 0.2) is 24.3 Å². The zero-order valence-electron chi connectivity index (χ0n) is 10.1. The smallest absolute Gasteiger partial charge is 0.237 e. The number of methoxy groups -OCH3 is 1. The van der Waals surface area contributed by atoms with Gasteiger partial charge in [-0.05, 0) is 18.1 Å². The number of rotatable bonds is 4. The number of sulfonamides is 1. The minimum atomic E-state index is -3.38. The van der Waals surface area contributed by atoms with Gasteiger partial charge < -0.3 is 4.74 Å². The topological polar surface area (TPSA) is 63.7 Å². The molecule has 5 nitrogen and oxygen atoms in total. The highest BCUT2D eigenvalue weighted by Gasteiger charge is 2.34. The van der Waals surface area contributed by atoms with Crippen molar-refractivity contribution in [1.82, 2.24) is 4.31 Å². The fourth-order valence-corrected chi connectivity index (χ4v) is 3.43. The molecule has 0 N–H and O–H groups in total. The predicted molar refractivity (Wildman–Crippen MR) is 66.8 cm³/mol. The summed E-state index contributed by atoms with van der Waals surface area (Å²) in [4.78, 5) is 11.5. The lowest BCUT2D eigenvalue weighted by Gasteiger charge is -2.15. The Morgan fingerprint density at radius 1 is 1.33 bits per heavy atom. The van der Waals surface area contributed by atoms with E-state index >= 15 is 0 Å². The van der Waals surface area contributed by atoms with Crippen molar-refractivity contribution in [3.63, 3.8) is 0 Å². The highest BCUT2D eigenvalue weighted by atomic mass is 32.2. The Balaban J connectivity index is 2.10. The maximum atomic E-state index is 11.6. The molecule has 0 atom stereocenters. The minimum Gasteiger partial charge on any atom is -0.496 e. The van der Waals surface area contributed by atoms with Gasteiger partial charge in [0.25, 0.3) is 0 Å². The molecular weight excluding hydrogens is 254 g/mol. The molecule has 0 saturated carbocycles. The Labute approximate surface area is 106 Å². The zero-order valence-corrected chi connectivity index (χ0v) is 10.9. The van der Waals surface area contributed by atoms with E-state index in [0.29, 0.717) is 12.2 Å². The van der Waals surface area contributed by atoms with E-state index in [-0.39, 0.29) is 24.6 Å². The summed E-state index contributed by atoms with van der Waals surface area (Å²) in [6.45, 7) is 0.182. The van der Waals surface area contributed by atoms with E-state index in [1.165, 1.54) is 0 Å². The summed E-state index contributed by atoms with van der Waals surface area (Å²) in [6, 6.07) is 7.39. The molecule has 0 spiro atoms. The lowest BCUT2D eigenvalue weighted by Crippen LogP contribution is -2.31. The molecule has 1 fully saturated rings. The molecule has 18 heavy (non-hydrogen) atoms. The van der Waals surface area contributed by atoms with Gasteiger partial charge in [-0.25, -0.2) is 12.7 Å². The van der Waals surface area contributed by atoms with Crippen LogP contribution in [0.5, 0.6) is 5.75 Å². The van der Waals surface area contributed by atoms with Crippen LogP contribution in [0, 0.1) is 0 Å². The van der Waals surface area contributed by atoms with Crippen molar-refractivity contribution < 1.29 is 17.9 Å². The number of hydrogen-bond acceptors (Lipinski definition) is 4. The largest absolute Gasteiger partial charge is 0.496 e. The lowest BCUT2D eigenvalue weighted by atomic mass is 10.1. The van der Waals surface area contributed by atoms with Crippen LogP contribution in [-0.2, 0) is 21.2 Å². The Bertz CT molecular complexity index is 553. The number of nitrogens with zero attached hydrogens (tertiary/aromatic N) is 1. The molecule has 1 amide bonds. The average molecular weight is 269 g/mol. The van der Waals surface area contributed by atoms with Gasteiger partial charge in [-0.3, -0.25) is 4.79 Å². The molecule has 1 saturated heterocycles. The highest BCUT2D eigenvalue weighted by Crippen LogP contribution is 2.20. The van der Waals surface area contributed by atoms with Gasteiger partial charge in [0, 0.05) is 13.0 Å². The van der Waals surface area contributed by atoms with Gasteiger partial charge in [-0.1, -0.05) is 18.2 Å². The second-order valence-corrected chi connectivity index (χ2v) is 6.11. The van der Waals surface area contributed by atoms with Gasteiger partial charge in [0.1, 0.15) is 5.75 Å². The Morgan fingerprint density at radius 2 is 2.06 bits per heavy atom. The number of hydrogen-bond donors (Lipinski definition) is 0. The zero-order chi connectivity index (χ0) is 13.2. The summed E-state index contributed by atoms with van der Waals surface area (Å²) in [5.74, 6) is 0.323. The third kappa shape index (κ3) is 2.48. The van der Waals surface area contributed by atoms with Crippen LogP contribution in [0.1, 0.15) is 12.0 Å². The van der Waals surface area contributed by atoms with Crippen molar-refractivity contribution in [3.8, 4) is 5.75 Å². The molecule has 0 radical (unpaired) electrons. The second kappa shape index (κ2) is 4.97. The van der Waals surface area contributed by atoms with E-state index in [0.717, 1.165) is 9.87 Å². The molecule has 1 aromatic carbocycles. The summed E-state index contributed by atoms with van der Waals surface area (Å²) in [7, 11) is -1.82. The van der Waals surface area contributed by atoms with E-state index in [9.17, 15) is 13.2 Å². The Morgan fingerprint density at radius 3 is 2.67 bits per heavy atom. The Hall–Kier alpha value is -1.56. The fraction of sp³-hybridized carbons (Fsp3) is 0.417. The van der Waals surface area contributed by atoms with E-state index < -0.39 is 10.0 Å². The molecule has 2 rings (SSSR count). The molecule has 98 valence electrons. The van der Waals surface area contributed by atoms with Gasteiger partial charge in [-0.2, -0.15) is 0 Å². The Kier molecular flexibility index (Phi) is 3.56. The third-order valence-electron chi connectivity index (χ3n) is 2.96.